The first-order valence-electron chi connectivity index (χ1n) is 11.9. The fourth-order valence-corrected chi connectivity index (χ4v) is 4.86. The first-order chi connectivity index (χ1) is 16.9. The summed E-state index contributed by atoms with van der Waals surface area (Å²) in [5.74, 6) is -0.699. The molecule has 0 spiro atoms. The first-order valence-corrected chi connectivity index (χ1v) is 12.3. The Kier molecular flexibility index (Phi) is 7.93. The van der Waals surface area contributed by atoms with Crippen LogP contribution in [0.2, 0.25) is 5.02 Å². The molecule has 2 aromatic carbocycles. The number of esters is 1. The van der Waals surface area contributed by atoms with Crippen molar-refractivity contribution < 1.29 is 18.7 Å². The van der Waals surface area contributed by atoms with Gasteiger partial charge in [0, 0.05) is 50.0 Å². The Morgan fingerprint density at radius 3 is 2.51 bits per heavy atom. The molecule has 1 N–H and O–H groups in total. The molecule has 2 heterocycles. The minimum absolute atomic E-state index is 0.221. The third-order valence-electron chi connectivity index (χ3n) is 6.37. The summed E-state index contributed by atoms with van der Waals surface area (Å²) in [6.07, 6.45) is 0. The maximum Gasteiger partial charge on any atom is 0.338 e. The number of para-hydroxylation sites is 1. The van der Waals surface area contributed by atoms with E-state index in [0.29, 0.717) is 66.8 Å². The molecular formula is C26H30ClFN4O3. The Bertz CT molecular complexity index is 1120. The Hall–Kier alpha value is -3.10. The second-order valence-electron chi connectivity index (χ2n) is 8.48. The molecule has 1 fully saturated rings. The van der Waals surface area contributed by atoms with Crippen LogP contribution < -0.4 is 10.2 Å². The second-order valence-corrected chi connectivity index (χ2v) is 8.91. The number of hydrogen-bond acceptors (Lipinski definition) is 5. The molecule has 7 nitrogen and oxygen atoms in total. The van der Waals surface area contributed by atoms with E-state index in [1.807, 2.05) is 24.0 Å². The molecule has 0 bridgehead atoms. The molecule has 186 valence electrons. The Morgan fingerprint density at radius 1 is 1.11 bits per heavy atom. The zero-order valence-corrected chi connectivity index (χ0v) is 20.7. The third kappa shape index (κ3) is 5.44. The van der Waals surface area contributed by atoms with E-state index in [9.17, 15) is 14.0 Å². The van der Waals surface area contributed by atoms with Crippen LogP contribution in [0.5, 0.6) is 0 Å². The lowest BCUT2D eigenvalue weighted by Gasteiger charge is -2.41. The molecule has 2 aliphatic heterocycles. The SMILES string of the molecule is CCOC(=O)C1=C(CN2CCN(c3ccccc3F)CC2)N(CC)C(=O)NC1c1cccc(Cl)c1. The minimum Gasteiger partial charge on any atom is -0.463 e. The molecule has 35 heavy (non-hydrogen) atoms. The number of ether oxygens (including phenoxy) is 1. The zero-order chi connectivity index (χ0) is 24.9. The minimum atomic E-state index is -0.669. The lowest BCUT2D eigenvalue weighted by molar-refractivity contribution is -0.139. The topological polar surface area (TPSA) is 65.1 Å². The van der Waals surface area contributed by atoms with Crippen molar-refractivity contribution in [2.75, 3.05) is 50.8 Å². The van der Waals surface area contributed by atoms with E-state index in [1.54, 1.807) is 42.2 Å². The van der Waals surface area contributed by atoms with Gasteiger partial charge in [0.2, 0.25) is 0 Å². The van der Waals surface area contributed by atoms with Crippen molar-refractivity contribution in [2.24, 2.45) is 0 Å². The highest BCUT2D eigenvalue weighted by Crippen LogP contribution is 2.33. The van der Waals surface area contributed by atoms with E-state index in [4.69, 9.17) is 16.3 Å². The Labute approximate surface area is 210 Å². The van der Waals surface area contributed by atoms with Gasteiger partial charge in [0.1, 0.15) is 5.82 Å². The van der Waals surface area contributed by atoms with Crippen LogP contribution in [0.15, 0.2) is 59.8 Å². The van der Waals surface area contributed by atoms with E-state index in [-0.39, 0.29) is 18.5 Å². The molecule has 0 saturated carbocycles. The highest BCUT2D eigenvalue weighted by atomic mass is 35.5. The van der Waals surface area contributed by atoms with Crippen molar-refractivity contribution in [1.82, 2.24) is 15.1 Å². The van der Waals surface area contributed by atoms with Gasteiger partial charge in [-0.2, -0.15) is 0 Å². The number of rotatable bonds is 7. The van der Waals surface area contributed by atoms with Crippen molar-refractivity contribution in [3.05, 3.63) is 76.2 Å². The highest BCUT2D eigenvalue weighted by Gasteiger charge is 2.38. The standard InChI is InChI=1S/C26H30ClFN4O3/c1-3-32-22(17-30-12-14-31(15-13-30)21-11-6-5-10-20(21)28)23(25(33)35-4-2)24(29-26(32)34)18-8-7-9-19(27)16-18/h5-11,16,24H,3-4,12-15,17H2,1-2H3,(H,29,34). The summed E-state index contributed by atoms with van der Waals surface area (Å²) < 4.78 is 19.7. The Balaban J connectivity index is 1.64. The van der Waals surface area contributed by atoms with Crippen LogP contribution >= 0.6 is 11.6 Å². The van der Waals surface area contributed by atoms with Gasteiger partial charge in [0.05, 0.1) is 23.9 Å². The van der Waals surface area contributed by atoms with E-state index in [2.05, 4.69) is 10.2 Å². The average Bonchev–Trinajstić information content (AvgIpc) is 2.85. The molecular weight excluding hydrogens is 471 g/mol. The highest BCUT2D eigenvalue weighted by molar-refractivity contribution is 6.30. The molecule has 2 aromatic rings. The molecule has 2 amide bonds. The zero-order valence-electron chi connectivity index (χ0n) is 20.0. The molecule has 4 rings (SSSR count). The maximum atomic E-state index is 14.3. The van der Waals surface area contributed by atoms with Gasteiger partial charge >= 0.3 is 12.0 Å². The molecule has 0 aliphatic carbocycles. The van der Waals surface area contributed by atoms with E-state index >= 15 is 0 Å². The molecule has 2 aliphatic rings. The summed E-state index contributed by atoms with van der Waals surface area (Å²) in [6.45, 7) is 7.26. The number of anilines is 1. The summed E-state index contributed by atoms with van der Waals surface area (Å²) in [7, 11) is 0. The number of piperazine rings is 1. The predicted molar refractivity (Wildman–Crippen MR) is 134 cm³/mol. The number of carbonyl (C=O) groups excluding carboxylic acids is 2. The number of urea groups is 1. The number of carbonyl (C=O) groups is 2. The summed E-state index contributed by atoms with van der Waals surface area (Å²) in [4.78, 5) is 32.1. The molecule has 1 atom stereocenters. The normalized spacial score (nSPS) is 19.1. The number of benzene rings is 2. The van der Waals surface area contributed by atoms with Crippen LogP contribution in [0, 0.1) is 5.82 Å². The lowest BCUT2D eigenvalue weighted by Crippen LogP contribution is -2.53. The van der Waals surface area contributed by atoms with E-state index < -0.39 is 12.0 Å². The first kappa shape index (κ1) is 25.0. The fraction of sp³-hybridized carbons (Fsp3) is 0.385. The monoisotopic (exact) mass is 500 g/mol. The van der Waals surface area contributed by atoms with Crippen molar-refractivity contribution in [3.63, 3.8) is 0 Å². The summed E-state index contributed by atoms with van der Waals surface area (Å²) in [6, 6.07) is 12.9. The van der Waals surface area contributed by atoms with Gasteiger partial charge in [-0.3, -0.25) is 9.80 Å². The smallest absolute Gasteiger partial charge is 0.338 e. The number of nitrogens with zero attached hydrogens (tertiary/aromatic N) is 3. The van der Waals surface area contributed by atoms with Crippen LogP contribution in [0.4, 0.5) is 14.9 Å². The summed E-state index contributed by atoms with van der Waals surface area (Å²) >= 11 is 6.22. The van der Waals surface area contributed by atoms with Gasteiger partial charge in [0.15, 0.2) is 0 Å². The Morgan fingerprint density at radius 2 is 1.86 bits per heavy atom. The van der Waals surface area contributed by atoms with Crippen LogP contribution in [0.3, 0.4) is 0 Å². The van der Waals surface area contributed by atoms with Gasteiger partial charge in [-0.1, -0.05) is 35.9 Å². The average molecular weight is 501 g/mol. The number of nitrogens with one attached hydrogen (secondary N) is 1. The molecule has 1 saturated heterocycles. The quantitative estimate of drug-likeness (QED) is 0.577. The second kappa shape index (κ2) is 11.1. The van der Waals surface area contributed by atoms with Crippen LogP contribution in [0.25, 0.3) is 0 Å². The number of likely N-dealkylation sites (N-methyl/N-ethyl adjacent to an activating group) is 1. The van der Waals surface area contributed by atoms with Crippen molar-refractivity contribution in [1.29, 1.82) is 0 Å². The third-order valence-corrected chi connectivity index (χ3v) is 6.61. The van der Waals surface area contributed by atoms with E-state index in [1.165, 1.54) is 6.07 Å². The van der Waals surface area contributed by atoms with Gasteiger partial charge in [-0.25, -0.2) is 14.0 Å². The van der Waals surface area contributed by atoms with Gasteiger partial charge < -0.3 is 15.0 Å². The van der Waals surface area contributed by atoms with E-state index in [0.717, 1.165) is 0 Å². The van der Waals surface area contributed by atoms with Crippen molar-refractivity contribution in [3.8, 4) is 0 Å². The fourth-order valence-electron chi connectivity index (χ4n) is 4.66. The maximum absolute atomic E-state index is 14.3. The van der Waals surface area contributed by atoms with Crippen LogP contribution in [0.1, 0.15) is 25.5 Å². The van der Waals surface area contributed by atoms with Crippen LogP contribution in [-0.4, -0.2) is 67.7 Å². The lowest BCUT2D eigenvalue weighted by atomic mass is 9.94. The summed E-state index contributed by atoms with van der Waals surface area (Å²) in [5.41, 5.74) is 2.34. The molecule has 1 unspecified atom stereocenters. The largest absolute Gasteiger partial charge is 0.463 e. The summed E-state index contributed by atoms with van der Waals surface area (Å²) in [5, 5.41) is 3.47. The van der Waals surface area contributed by atoms with Gasteiger partial charge in [-0.15, -0.1) is 0 Å². The van der Waals surface area contributed by atoms with Crippen molar-refractivity contribution >= 4 is 29.3 Å². The molecule has 0 aromatic heterocycles. The van der Waals surface area contributed by atoms with Gasteiger partial charge in [0.25, 0.3) is 0 Å². The number of hydrogen-bond donors (Lipinski definition) is 1. The van der Waals surface area contributed by atoms with Crippen LogP contribution in [-0.2, 0) is 9.53 Å². The van der Waals surface area contributed by atoms with Gasteiger partial charge in [-0.05, 0) is 43.7 Å². The number of amides is 2. The predicted octanol–water partition coefficient (Wildman–Crippen LogP) is 4.20. The van der Waals surface area contributed by atoms with Crippen molar-refractivity contribution in [2.45, 2.75) is 19.9 Å². The molecule has 0 radical (unpaired) electrons. The molecule has 9 heteroatoms. The number of halogens is 2.